The third kappa shape index (κ3) is 22.2. The van der Waals surface area contributed by atoms with Gasteiger partial charge >= 0.3 is 0 Å². The molecule has 1 N–H and O–H groups in total. The molecule has 0 aromatic carbocycles. The Hall–Kier alpha value is 0.177. The standard InChI is InChI=1S/C21H47NSi/c1-5-6-7-8-9-10-11-12-13-14-15-16-17-18-19-20-21-22-23(2,3)4/h22H,5-21H2,1-4H3. The van der Waals surface area contributed by atoms with Crippen molar-refractivity contribution in [3.8, 4) is 0 Å². The minimum atomic E-state index is -1.02. The molecule has 0 rings (SSSR count). The van der Waals surface area contributed by atoms with Crippen molar-refractivity contribution < 1.29 is 0 Å². The average molecular weight is 342 g/mol. The summed E-state index contributed by atoms with van der Waals surface area (Å²) in [6, 6.07) is 0. The van der Waals surface area contributed by atoms with E-state index < -0.39 is 8.24 Å². The molecule has 0 unspecified atom stereocenters. The van der Waals surface area contributed by atoms with Crippen molar-refractivity contribution in [1.29, 1.82) is 0 Å². The molecule has 0 aromatic heterocycles. The molecule has 0 amide bonds. The predicted octanol–water partition coefficient (Wildman–Crippen LogP) is 7.67. The number of nitrogens with one attached hydrogen (secondary N) is 1. The molecule has 0 spiro atoms. The third-order valence-electron chi connectivity index (χ3n) is 4.69. The van der Waals surface area contributed by atoms with Crippen molar-refractivity contribution in [3.05, 3.63) is 0 Å². The molecule has 23 heavy (non-hydrogen) atoms. The van der Waals surface area contributed by atoms with Gasteiger partial charge in [0.1, 0.15) is 8.24 Å². The quantitative estimate of drug-likeness (QED) is 0.199. The van der Waals surface area contributed by atoms with Gasteiger partial charge < -0.3 is 4.98 Å². The molecule has 0 aliphatic rings. The second-order valence-corrected chi connectivity index (χ2v) is 13.3. The molecule has 0 aliphatic heterocycles. The summed E-state index contributed by atoms with van der Waals surface area (Å²) in [5.41, 5.74) is 0. The van der Waals surface area contributed by atoms with Gasteiger partial charge in [-0.25, -0.2) is 0 Å². The van der Waals surface area contributed by atoms with E-state index in [-0.39, 0.29) is 0 Å². The Labute approximate surface area is 149 Å². The first-order valence-corrected chi connectivity index (χ1v) is 14.3. The first-order chi connectivity index (χ1) is 11.1. The maximum absolute atomic E-state index is 3.71. The van der Waals surface area contributed by atoms with Crippen LogP contribution in [0.2, 0.25) is 19.6 Å². The molecular formula is C21H47NSi. The average Bonchev–Trinajstić information content (AvgIpc) is 2.49. The molecule has 0 aliphatic carbocycles. The molecule has 0 saturated heterocycles. The van der Waals surface area contributed by atoms with Crippen LogP contribution in [0.1, 0.15) is 110 Å². The summed E-state index contributed by atoms with van der Waals surface area (Å²) in [6.45, 7) is 10.7. The van der Waals surface area contributed by atoms with Crippen LogP contribution in [0.4, 0.5) is 0 Å². The summed E-state index contributed by atoms with van der Waals surface area (Å²) < 4.78 is 0. The minimum Gasteiger partial charge on any atom is -0.337 e. The molecule has 140 valence electrons. The molecule has 0 aromatic rings. The summed E-state index contributed by atoms with van der Waals surface area (Å²) in [5, 5.41) is 0. The summed E-state index contributed by atoms with van der Waals surface area (Å²) in [5.74, 6) is 0. The van der Waals surface area contributed by atoms with Gasteiger partial charge in [-0.15, -0.1) is 0 Å². The molecule has 0 saturated carbocycles. The molecular weight excluding hydrogens is 294 g/mol. The zero-order valence-corrected chi connectivity index (χ0v) is 18.0. The minimum absolute atomic E-state index is 1.02. The first-order valence-electron chi connectivity index (χ1n) is 10.8. The van der Waals surface area contributed by atoms with E-state index >= 15 is 0 Å². The zero-order chi connectivity index (χ0) is 17.2. The van der Waals surface area contributed by atoms with Crippen molar-refractivity contribution in [2.75, 3.05) is 6.54 Å². The fourth-order valence-electron chi connectivity index (χ4n) is 3.14. The van der Waals surface area contributed by atoms with Gasteiger partial charge in [-0.2, -0.15) is 0 Å². The highest BCUT2D eigenvalue weighted by molar-refractivity contribution is 6.73. The van der Waals surface area contributed by atoms with Crippen LogP contribution in [0.25, 0.3) is 0 Å². The van der Waals surface area contributed by atoms with E-state index in [1.54, 1.807) is 0 Å². The molecule has 0 radical (unpaired) electrons. The Bertz CT molecular complexity index is 222. The van der Waals surface area contributed by atoms with Gasteiger partial charge in [-0.3, -0.25) is 0 Å². The molecule has 0 fully saturated rings. The van der Waals surface area contributed by atoms with E-state index in [2.05, 4.69) is 31.5 Å². The lowest BCUT2D eigenvalue weighted by molar-refractivity contribution is 0.529. The largest absolute Gasteiger partial charge is 0.337 e. The Morgan fingerprint density at radius 2 is 0.783 bits per heavy atom. The van der Waals surface area contributed by atoms with Crippen molar-refractivity contribution in [2.24, 2.45) is 0 Å². The zero-order valence-electron chi connectivity index (χ0n) is 17.0. The van der Waals surface area contributed by atoms with Gasteiger partial charge in [0, 0.05) is 0 Å². The summed E-state index contributed by atoms with van der Waals surface area (Å²) in [6.07, 6.45) is 23.3. The van der Waals surface area contributed by atoms with Gasteiger partial charge in [-0.1, -0.05) is 123 Å². The van der Waals surface area contributed by atoms with Crippen LogP contribution >= 0.6 is 0 Å². The van der Waals surface area contributed by atoms with E-state index in [1.807, 2.05) is 0 Å². The lowest BCUT2D eigenvalue weighted by atomic mass is 10.0. The van der Waals surface area contributed by atoms with Crippen LogP contribution in [0.3, 0.4) is 0 Å². The van der Waals surface area contributed by atoms with Gasteiger partial charge in [0.05, 0.1) is 0 Å². The van der Waals surface area contributed by atoms with Crippen molar-refractivity contribution in [2.45, 2.75) is 129 Å². The SMILES string of the molecule is CCCCCCCCCCCCCCCCCCN[Si](C)(C)C. The van der Waals surface area contributed by atoms with Gasteiger partial charge in [-0.05, 0) is 13.0 Å². The molecule has 1 nitrogen and oxygen atoms in total. The van der Waals surface area contributed by atoms with E-state index in [1.165, 1.54) is 109 Å². The van der Waals surface area contributed by atoms with Crippen LogP contribution in [-0.4, -0.2) is 14.8 Å². The number of rotatable bonds is 18. The number of hydrogen-bond acceptors (Lipinski definition) is 1. The Morgan fingerprint density at radius 1 is 0.478 bits per heavy atom. The lowest BCUT2D eigenvalue weighted by Crippen LogP contribution is -2.41. The number of unbranched alkanes of at least 4 members (excludes halogenated alkanes) is 15. The van der Waals surface area contributed by atoms with Crippen LogP contribution in [0.5, 0.6) is 0 Å². The summed E-state index contributed by atoms with van der Waals surface area (Å²) in [7, 11) is -1.02. The molecule has 0 bridgehead atoms. The molecule has 0 heterocycles. The van der Waals surface area contributed by atoms with Gasteiger partial charge in [0.15, 0.2) is 0 Å². The van der Waals surface area contributed by atoms with Crippen molar-refractivity contribution in [1.82, 2.24) is 4.98 Å². The van der Waals surface area contributed by atoms with Crippen LogP contribution in [0.15, 0.2) is 0 Å². The smallest absolute Gasteiger partial charge is 0.116 e. The maximum atomic E-state index is 3.71. The second-order valence-electron chi connectivity index (χ2n) is 8.48. The number of hydrogen-bond donors (Lipinski definition) is 1. The van der Waals surface area contributed by atoms with Crippen molar-refractivity contribution in [3.63, 3.8) is 0 Å². The normalized spacial score (nSPS) is 12.0. The Balaban J connectivity index is 3.00. The monoisotopic (exact) mass is 341 g/mol. The summed E-state index contributed by atoms with van der Waals surface area (Å²) in [4.78, 5) is 3.71. The van der Waals surface area contributed by atoms with Crippen LogP contribution < -0.4 is 4.98 Å². The van der Waals surface area contributed by atoms with Crippen molar-refractivity contribution >= 4 is 8.24 Å². The predicted molar refractivity (Wildman–Crippen MR) is 111 cm³/mol. The van der Waals surface area contributed by atoms with E-state index in [9.17, 15) is 0 Å². The van der Waals surface area contributed by atoms with Gasteiger partial charge in [0.2, 0.25) is 0 Å². The Morgan fingerprint density at radius 3 is 1.09 bits per heavy atom. The topological polar surface area (TPSA) is 12.0 Å². The van der Waals surface area contributed by atoms with Crippen LogP contribution in [0, 0.1) is 0 Å². The maximum Gasteiger partial charge on any atom is 0.116 e. The van der Waals surface area contributed by atoms with E-state index in [0.717, 1.165) is 0 Å². The summed E-state index contributed by atoms with van der Waals surface area (Å²) >= 11 is 0. The fraction of sp³-hybridized carbons (Fsp3) is 1.00. The first kappa shape index (κ1) is 23.2. The fourth-order valence-corrected chi connectivity index (χ4v) is 4.06. The van der Waals surface area contributed by atoms with E-state index in [0.29, 0.717) is 0 Å². The highest BCUT2D eigenvalue weighted by Gasteiger charge is 2.10. The molecule has 2 heteroatoms. The second kappa shape index (κ2) is 17.0. The highest BCUT2D eigenvalue weighted by atomic mass is 28.3. The Kier molecular flexibility index (Phi) is 17.1. The molecule has 0 atom stereocenters. The van der Waals surface area contributed by atoms with E-state index in [4.69, 9.17) is 0 Å². The highest BCUT2D eigenvalue weighted by Crippen LogP contribution is 2.13. The van der Waals surface area contributed by atoms with Gasteiger partial charge in [0.25, 0.3) is 0 Å². The lowest BCUT2D eigenvalue weighted by Gasteiger charge is -2.17. The van der Waals surface area contributed by atoms with Crippen LogP contribution in [-0.2, 0) is 0 Å². The third-order valence-corrected chi connectivity index (χ3v) is 6.00.